The van der Waals surface area contributed by atoms with Crippen molar-refractivity contribution in [2.75, 3.05) is 32.7 Å². The van der Waals surface area contributed by atoms with Crippen molar-refractivity contribution in [2.45, 2.75) is 68.8 Å². The minimum absolute atomic E-state index is 0.0587. The second-order valence-electron chi connectivity index (χ2n) is 11.1. The maximum absolute atomic E-state index is 14.6. The summed E-state index contributed by atoms with van der Waals surface area (Å²) in [7, 11) is 0. The standard InChI is InChI=1S/C28H34F3N5O2/c29-18-10-23(27(24(30)11-18)38-16-17-2-1-7-32-28(17)31)22-12-25(22)33-13-26(37)35-8-5-21(6-9-35)36-14-19-3-4-20(15-36)34-19/h1-2,7,10-11,19-22,25,33-34H,3-6,8-9,12-16H2/t19?,20?,22-,25+/m0/s1. The van der Waals surface area contributed by atoms with Gasteiger partial charge in [-0.2, -0.15) is 4.39 Å². The van der Waals surface area contributed by atoms with Crippen molar-refractivity contribution in [3.63, 3.8) is 0 Å². The lowest BCUT2D eigenvalue weighted by atomic mass is 10.0. The van der Waals surface area contributed by atoms with Gasteiger partial charge in [-0.25, -0.2) is 13.8 Å². The van der Waals surface area contributed by atoms with Crippen LogP contribution in [0.3, 0.4) is 0 Å². The van der Waals surface area contributed by atoms with Crippen LogP contribution < -0.4 is 15.4 Å². The minimum atomic E-state index is -0.827. The van der Waals surface area contributed by atoms with E-state index in [0.29, 0.717) is 30.1 Å². The quantitative estimate of drug-likeness (QED) is 0.513. The Labute approximate surface area is 220 Å². The first kappa shape index (κ1) is 25.6. The summed E-state index contributed by atoms with van der Waals surface area (Å²) in [6.45, 7) is 3.72. The van der Waals surface area contributed by atoms with Gasteiger partial charge in [-0.1, -0.05) is 0 Å². The molecule has 1 aromatic carbocycles. The fraction of sp³-hybridized carbons (Fsp3) is 0.571. The predicted octanol–water partition coefficient (Wildman–Crippen LogP) is 2.95. The van der Waals surface area contributed by atoms with Crippen LogP contribution in [-0.4, -0.2) is 77.6 Å². The molecule has 1 saturated carbocycles. The van der Waals surface area contributed by atoms with Crippen molar-refractivity contribution in [1.29, 1.82) is 0 Å². The Morgan fingerprint density at radius 1 is 1.11 bits per heavy atom. The number of nitrogens with zero attached hydrogens (tertiary/aromatic N) is 3. The number of carbonyl (C=O) groups is 1. The molecule has 204 valence electrons. The number of benzene rings is 1. The van der Waals surface area contributed by atoms with Crippen LogP contribution in [0.5, 0.6) is 5.75 Å². The predicted molar refractivity (Wildman–Crippen MR) is 135 cm³/mol. The van der Waals surface area contributed by atoms with E-state index in [1.54, 1.807) is 6.07 Å². The minimum Gasteiger partial charge on any atom is -0.485 e. The van der Waals surface area contributed by atoms with Crippen molar-refractivity contribution in [1.82, 2.24) is 25.4 Å². The molecule has 4 fully saturated rings. The van der Waals surface area contributed by atoms with E-state index in [1.807, 2.05) is 4.90 Å². The summed E-state index contributed by atoms with van der Waals surface area (Å²) in [5, 5.41) is 6.95. The van der Waals surface area contributed by atoms with Crippen molar-refractivity contribution >= 4 is 5.91 Å². The summed E-state index contributed by atoms with van der Waals surface area (Å²) in [4.78, 5) is 21.0. The molecule has 3 saturated heterocycles. The highest BCUT2D eigenvalue weighted by molar-refractivity contribution is 5.78. The summed E-state index contributed by atoms with van der Waals surface area (Å²) in [6, 6.07) is 6.82. The third-order valence-corrected chi connectivity index (χ3v) is 8.53. The monoisotopic (exact) mass is 529 g/mol. The van der Waals surface area contributed by atoms with Gasteiger partial charge in [0.05, 0.1) is 6.54 Å². The van der Waals surface area contributed by atoms with E-state index in [2.05, 4.69) is 20.5 Å². The summed E-state index contributed by atoms with van der Waals surface area (Å²) in [6.07, 6.45) is 6.50. The normalized spacial score (nSPS) is 27.5. The molecule has 2 N–H and O–H groups in total. The molecule has 3 aliphatic heterocycles. The first-order chi connectivity index (χ1) is 18.4. The lowest BCUT2D eigenvalue weighted by molar-refractivity contribution is -0.131. The van der Waals surface area contributed by atoms with E-state index in [1.165, 1.54) is 31.2 Å². The molecule has 4 aliphatic rings. The van der Waals surface area contributed by atoms with Crippen molar-refractivity contribution in [3.8, 4) is 5.75 Å². The number of rotatable bonds is 8. The van der Waals surface area contributed by atoms with Crippen LogP contribution in [0.25, 0.3) is 0 Å². The molecule has 2 unspecified atom stereocenters. The molecule has 1 aliphatic carbocycles. The maximum Gasteiger partial charge on any atom is 0.236 e. The summed E-state index contributed by atoms with van der Waals surface area (Å²) in [5.74, 6) is -2.42. The van der Waals surface area contributed by atoms with Gasteiger partial charge in [0.2, 0.25) is 11.9 Å². The smallest absolute Gasteiger partial charge is 0.236 e. The van der Waals surface area contributed by atoms with E-state index < -0.39 is 17.6 Å². The molecule has 10 heteroatoms. The van der Waals surface area contributed by atoms with Crippen molar-refractivity contribution in [3.05, 3.63) is 59.2 Å². The van der Waals surface area contributed by atoms with Gasteiger partial charge < -0.3 is 20.3 Å². The largest absolute Gasteiger partial charge is 0.485 e. The van der Waals surface area contributed by atoms with Gasteiger partial charge in [0, 0.05) is 79.7 Å². The number of likely N-dealkylation sites (tertiary alicyclic amines) is 2. The van der Waals surface area contributed by atoms with Gasteiger partial charge in [0.15, 0.2) is 11.6 Å². The molecular weight excluding hydrogens is 495 g/mol. The molecule has 38 heavy (non-hydrogen) atoms. The first-order valence-corrected chi connectivity index (χ1v) is 13.7. The molecule has 1 aromatic heterocycles. The third-order valence-electron chi connectivity index (χ3n) is 8.53. The number of carbonyl (C=O) groups excluding carboxylic acids is 1. The van der Waals surface area contributed by atoms with Crippen LogP contribution in [0.1, 0.15) is 49.1 Å². The van der Waals surface area contributed by atoms with E-state index in [-0.39, 0.29) is 42.3 Å². The summed E-state index contributed by atoms with van der Waals surface area (Å²) >= 11 is 0. The van der Waals surface area contributed by atoms with Gasteiger partial charge in [0.25, 0.3) is 0 Å². The molecule has 6 rings (SSSR count). The van der Waals surface area contributed by atoms with Gasteiger partial charge in [-0.3, -0.25) is 9.69 Å². The number of hydrogen-bond donors (Lipinski definition) is 2. The Morgan fingerprint density at radius 3 is 2.61 bits per heavy atom. The molecule has 7 nitrogen and oxygen atoms in total. The second kappa shape index (κ2) is 10.8. The molecule has 2 bridgehead atoms. The Kier molecular flexibility index (Phi) is 7.29. The van der Waals surface area contributed by atoms with Crippen molar-refractivity contribution < 1.29 is 22.7 Å². The maximum atomic E-state index is 14.6. The highest BCUT2D eigenvalue weighted by Crippen LogP contribution is 2.46. The van der Waals surface area contributed by atoms with Gasteiger partial charge in [-0.05, 0) is 50.3 Å². The number of piperazine rings is 1. The molecule has 4 atom stereocenters. The zero-order valence-electron chi connectivity index (χ0n) is 21.3. The lowest BCUT2D eigenvalue weighted by Crippen LogP contribution is -2.57. The highest BCUT2D eigenvalue weighted by atomic mass is 19.1. The fourth-order valence-electron chi connectivity index (χ4n) is 6.39. The number of ether oxygens (including phenoxy) is 1. The number of hydrogen-bond acceptors (Lipinski definition) is 6. The van der Waals surface area contributed by atoms with Gasteiger partial charge in [-0.15, -0.1) is 0 Å². The number of aromatic nitrogens is 1. The van der Waals surface area contributed by atoms with E-state index in [9.17, 15) is 18.0 Å². The molecule has 0 radical (unpaired) electrons. The van der Waals surface area contributed by atoms with E-state index in [4.69, 9.17) is 4.74 Å². The molecule has 1 amide bonds. The number of fused-ring (bicyclic) bond motifs is 2. The fourth-order valence-corrected chi connectivity index (χ4v) is 6.39. The van der Waals surface area contributed by atoms with Crippen LogP contribution in [0.15, 0.2) is 30.5 Å². The molecule has 4 heterocycles. The van der Waals surface area contributed by atoms with Gasteiger partial charge in [0.1, 0.15) is 12.4 Å². The molecule has 2 aromatic rings. The van der Waals surface area contributed by atoms with Crippen LogP contribution in [-0.2, 0) is 11.4 Å². The average Bonchev–Trinajstić information content (AvgIpc) is 3.62. The van der Waals surface area contributed by atoms with Crippen LogP contribution >= 0.6 is 0 Å². The topological polar surface area (TPSA) is 69.7 Å². The zero-order valence-corrected chi connectivity index (χ0v) is 21.3. The van der Waals surface area contributed by atoms with E-state index in [0.717, 1.165) is 45.1 Å². The highest BCUT2D eigenvalue weighted by Gasteiger charge is 2.42. The number of amides is 1. The SMILES string of the molecule is O=C(CN[C@@H]1C[C@H]1c1cc(F)cc(F)c1OCc1cccnc1F)N1CCC(N2CC3CCC(C2)N3)CC1. The Bertz CT molecular complexity index is 1160. The third kappa shape index (κ3) is 5.53. The Morgan fingerprint density at radius 2 is 1.87 bits per heavy atom. The summed E-state index contributed by atoms with van der Waals surface area (Å²) in [5.41, 5.74) is 0.578. The van der Waals surface area contributed by atoms with E-state index >= 15 is 0 Å². The number of halogens is 3. The molecule has 0 spiro atoms. The first-order valence-electron chi connectivity index (χ1n) is 13.7. The number of pyridine rings is 1. The Hall–Kier alpha value is -2.69. The zero-order chi connectivity index (χ0) is 26.2. The second-order valence-corrected chi connectivity index (χ2v) is 11.1. The van der Waals surface area contributed by atoms with Crippen LogP contribution in [0, 0.1) is 17.6 Å². The van der Waals surface area contributed by atoms with Crippen molar-refractivity contribution in [2.24, 2.45) is 0 Å². The molecular formula is C28H34F3N5O2. The van der Waals surface area contributed by atoms with Gasteiger partial charge >= 0.3 is 0 Å². The van der Waals surface area contributed by atoms with Crippen LogP contribution in [0.2, 0.25) is 0 Å². The lowest BCUT2D eigenvalue weighted by Gasteiger charge is -2.42. The summed E-state index contributed by atoms with van der Waals surface area (Å²) < 4.78 is 48.2. The number of piperidine rings is 1. The van der Waals surface area contributed by atoms with Crippen LogP contribution in [0.4, 0.5) is 13.2 Å². The average molecular weight is 530 g/mol. The Balaban J connectivity index is 1.000. The number of nitrogens with one attached hydrogen (secondary N) is 2.